The maximum absolute atomic E-state index is 12.3. The Bertz CT molecular complexity index is 635. The van der Waals surface area contributed by atoms with Crippen molar-refractivity contribution in [3.8, 4) is 6.07 Å². The summed E-state index contributed by atoms with van der Waals surface area (Å²) in [6, 6.07) is 9.98. The highest BCUT2D eigenvalue weighted by Gasteiger charge is 2.12. The molecule has 0 saturated carbocycles. The van der Waals surface area contributed by atoms with Crippen molar-refractivity contribution in [2.75, 3.05) is 44.2 Å². The van der Waals surface area contributed by atoms with Crippen molar-refractivity contribution in [2.45, 2.75) is 33.1 Å². The molecule has 1 saturated heterocycles. The number of carbonyl (C=O) groups excluding carboxylic acids is 1. The van der Waals surface area contributed by atoms with Gasteiger partial charge < -0.3 is 15.1 Å². The molecular weight excluding hydrogens is 324 g/mol. The summed E-state index contributed by atoms with van der Waals surface area (Å²) in [4.78, 5) is 16.9. The topological polar surface area (TPSA) is 59.4 Å². The molecule has 1 aromatic rings. The van der Waals surface area contributed by atoms with Crippen LogP contribution < -0.4 is 10.2 Å². The Morgan fingerprint density at radius 2 is 1.85 bits per heavy atom. The molecule has 1 amide bonds. The minimum absolute atomic E-state index is 0.152. The first kappa shape index (κ1) is 20.0. The Kier molecular flexibility index (Phi) is 8.17. The van der Waals surface area contributed by atoms with Gasteiger partial charge in [-0.2, -0.15) is 5.26 Å². The monoisotopic (exact) mass is 354 g/mol. The smallest absolute Gasteiger partial charge is 0.261 e. The van der Waals surface area contributed by atoms with E-state index in [-0.39, 0.29) is 11.5 Å². The van der Waals surface area contributed by atoms with Crippen molar-refractivity contribution in [3.63, 3.8) is 0 Å². The van der Waals surface area contributed by atoms with Gasteiger partial charge in [0.1, 0.15) is 11.6 Å². The number of nitrogens with zero attached hydrogens (tertiary/aromatic N) is 3. The zero-order chi connectivity index (χ0) is 18.8. The van der Waals surface area contributed by atoms with Crippen LogP contribution in [0.25, 0.3) is 6.08 Å². The molecule has 1 fully saturated rings. The Morgan fingerprint density at radius 3 is 2.42 bits per heavy atom. The van der Waals surface area contributed by atoms with Crippen LogP contribution in [0.5, 0.6) is 0 Å². The maximum atomic E-state index is 12.3. The number of anilines is 1. The summed E-state index contributed by atoms with van der Waals surface area (Å²) >= 11 is 0. The third kappa shape index (κ3) is 5.89. The Hall–Kier alpha value is -2.32. The van der Waals surface area contributed by atoms with Gasteiger partial charge in [0.05, 0.1) is 0 Å². The number of hydrogen-bond acceptors (Lipinski definition) is 4. The van der Waals surface area contributed by atoms with Gasteiger partial charge in [-0.05, 0) is 63.6 Å². The Labute approximate surface area is 157 Å². The van der Waals surface area contributed by atoms with Crippen LogP contribution in [0, 0.1) is 11.3 Å². The molecule has 1 N–H and O–H groups in total. The summed E-state index contributed by atoms with van der Waals surface area (Å²) in [7, 11) is 0. The first-order chi connectivity index (χ1) is 12.7. The summed E-state index contributed by atoms with van der Waals surface area (Å²) in [6.45, 7) is 9.80. The molecule has 1 aromatic carbocycles. The average Bonchev–Trinajstić information content (AvgIpc) is 2.69. The van der Waals surface area contributed by atoms with Gasteiger partial charge in [-0.3, -0.25) is 4.79 Å². The van der Waals surface area contributed by atoms with E-state index in [0.717, 1.165) is 44.0 Å². The van der Waals surface area contributed by atoms with E-state index in [9.17, 15) is 10.1 Å². The SMILES string of the molecule is CCN(CC)c1ccc(/C=C(\C#N)C(=O)NCCN2CCCCC2)cc1. The fraction of sp³-hybridized carbons (Fsp3) is 0.524. The van der Waals surface area contributed by atoms with Crippen LogP contribution >= 0.6 is 0 Å². The number of benzene rings is 1. The number of piperidine rings is 1. The van der Waals surface area contributed by atoms with Crippen LogP contribution in [0.3, 0.4) is 0 Å². The Morgan fingerprint density at radius 1 is 1.19 bits per heavy atom. The van der Waals surface area contributed by atoms with Gasteiger partial charge in [0.15, 0.2) is 0 Å². The van der Waals surface area contributed by atoms with Crippen molar-refractivity contribution >= 4 is 17.7 Å². The third-order valence-corrected chi connectivity index (χ3v) is 4.86. The average molecular weight is 354 g/mol. The normalized spacial score (nSPS) is 15.3. The molecule has 1 aliphatic heterocycles. The molecule has 0 aromatic heterocycles. The van der Waals surface area contributed by atoms with Gasteiger partial charge in [0.25, 0.3) is 5.91 Å². The van der Waals surface area contributed by atoms with E-state index in [4.69, 9.17) is 0 Å². The number of nitrogens with one attached hydrogen (secondary N) is 1. The van der Waals surface area contributed by atoms with Crippen LogP contribution in [-0.2, 0) is 4.79 Å². The minimum Gasteiger partial charge on any atom is -0.372 e. The first-order valence-corrected chi connectivity index (χ1v) is 9.65. The van der Waals surface area contributed by atoms with E-state index in [2.05, 4.69) is 29.0 Å². The molecule has 5 nitrogen and oxygen atoms in total. The highest BCUT2D eigenvalue weighted by molar-refractivity contribution is 6.01. The van der Waals surface area contributed by atoms with Crippen LogP contribution in [-0.4, -0.2) is 50.1 Å². The molecule has 0 atom stereocenters. The standard InChI is InChI=1S/C21H30N4O/c1-3-25(4-2)20-10-8-18(9-11-20)16-19(17-22)21(26)23-12-15-24-13-6-5-7-14-24/h8-11,16H,3-7,12-15H2,1-2H3,(H,23,26)/b19-16+. The second-order valence-corrected chi connectivity index (χ2v) is 6.59. The fourth-order valence-electron chi connectivity index (χ4n) is 3.29. The van der Waals surface area contributed by atoms with Gasteiger partial charge in [-0.1, -0.05) is 18.6 Å². The van der Waals surface area contributed by atoms with Crippen molar-refractivity contribution in [3.05, 3.63) is 35.4 Å². The number of nitriles is 1. The van der Waals surface area contributed by atoms with Gasteiger partial charge in [-0.15, -0.1) is 0 Å². The molecule has 26 heavy (non-hydrogen) atoms. The second-order valence-electron chi connectivity index (χ2n) is 6.59. The van der Waals surface area contributed by atoms with Crippen molar-refractivity contribution in [1.82, 2.24) is 10.2 Å². The van der Waals surface area contributed by atoms with Gasteiger partial charge in [0.2, 0.25) is 0 Å². The van der Waals surface area contributed by atoms with Gasteiger partial charge in [0, 0.05) is 31.9 Å². The predicted octanol–water partition coefficient (Wildman–Crippen LogP) is 3.04. The molecule has 5 heteroatoms. The molecule has 0 aliphatic carbocycles. The van der Waals surface area contributed by atoms with Gasteiger partial charge in [-0.25, -0.2) is 0 Å². The zero-order valence-electron chi connectivity index (χ0n) is 16.0. The van der Waals surface area contributed by atoms with E-state index < -0.39 is 0 Å². The fourth-order valence-corrected chi connectivity index (χ4v) is 3.29. The van der Waals surface area contributed by atoms with Crippen LogP contribution in [0.2, 0.25) is 0 Å². The van der Waals surface area contributed by atoms with E-state index >= 15 is 0 Å². The molecule has 1 aliphatic rings. The number of amides is 1. The third-order valence-electron chi connectivity index (χ3n) is 4.86. The lowest BCUT2D eigenvalue weighted by molar-refractivity contribution is -0.117. The van der Waals surface area contributed by atoms with Crippen LogP contribution in [0.4, 0.5) is 5.69 Å². The number of rotatable bonds is 8. The largest absolute Gasteiger partial charge is 0.372 e. The quantitative estimate of drug-likeness (QED) is 0.576. The van der Waals surface area contributed by atoms with E-state index in [1.165, 1.54) is 19.3 Å². The van der Waals surface area contributed by atoms with E-state index in [1.807, 2.05) is 30.3 Å². The summed E-state index contributed by atoms with van der Waals surface area (Å²) in [6.07, 6.45) is 5.43. The number of carbonyl (C=O) groups is 1. The first-order valence-electron chi connectivity index (χ1n) is 9.65. The molecule has 1 heterocycles. The molecule has 140 valence electrons. The van der Waals surface area contributed by atoms with E-state index in [1.54, 1.807) is 6.08 Å². The lowest BCUT2D eigenvalue weighted by Gasteiger charge is -2.26. The van der Waals surface area contributed by atoms with Crippen LogP contribution in [0.15, 0.2) is 29.8 Å². The van der Waals surface area contributed by atoms with Gasteiger partial charge >= 0.3 is 0 Å². The van der Waals surface area contributed by atoms with Crippen molar-refractivity contribution < 1.29 is 4.79 Å². The second kappa shape index (κ2) is 10.6. The highest BCUT2D eigenvalue weighted by atomic mass is 16.1. The van der Waals surface area contributed by atoms with Crippen LogP contribution in [0.1, 0.15) is 38.7 Å². The minimum atomic E-state index is -0.294. The molecule has 2 rings (SSSR count). The molecular formula is C21H30N4O. The zero-order valence-corrected chi connectivity index (χ0v) is 16.0. The molecule has 0 unspecified atom stereocenters. The lowest BCUT2D eigenvalue weighted by atomic mass is 10.1. The van der Waals surface area contributed by atoms with E-state index in [0.29, 0.717) is 6.54 Å². The molecule has 0 radical (unpaired) electrons. The van der Waals surface area contributed by atoms with Crippen molar-refractivity contribution in [2.24, 2.45) is 0 Å². The number of likely N-dealkylation sites (tertiary alicyclic amines) is 1. The predicted molar refractivity (Wildman–Crippen MR) is 107 cm³/mol. The summed E-state index contributed by atoms with van der Waals surface area (Å²) in [5, 5.41) is 12.2. The maximum Gasteiger partial charge on any atom is 0.261 e. The van der Waals surface area contributed by atoms with Crippen molar-refractivity contribution in [1.29, 1.82) is 5.26 Å². The number of hydrogen-bond donors (Lipinski definition) is 1. The summed E-state index contributed by atoms with van der Waals surface area (Å²) in [5.41, 5.74) is 2.17. The summed E-state index contributed by atoms with van der Waals surface area (Å²) < 4.78 is 0. The Balaban J connectivity index is 1.91. The molecule has 0 spiro atoms. The summed E-state index contributed by atoms with van der Waals surface area (Å²) in [5.74, 6) is -0.294. The molecule has 0 bridgehead atoms. The lowest BCUT2D eigenvalue weighted by Crippen LogP contribution is -2.37. The highest BCUT2D eigenvalue weighted by Crippen LogP contribution is 2.16.